The van der Waals surface area contributed by atoms with Gasteiger partial charge in [0.15, 0.2) is 0 Å². The van der Waals surface area contributed by atoms with Gasteiger partial charge in [-0.2, -0.15) is 0 Å². The maximum absolute atomic E-state index is 12.9. The Morgan fingerprint density at radius 2 is 2.10 bits per heavy atom. The van der Waals surface area contributed by atoms with Crippen LogP contribution in [0.5, 0.6) is 0 Å². The van der Waals surface area contributed by atoms with Crippen LogP contribution in [-0.4, -0.2) is 24.0 Å². The zero-order valence-corrected chi connectivity index (χ0v) is 12.0. The lowest BCUT2D eigenvalue weighted by molar-refractivity contribution is 0.0956. The second kappa shape index (κ2) is 6.58. The molecule has 0 fully saturated rings. The first-order chi connectivity index (χ1) is 9.61. The summed E-state index contributed by atoms with van der Waals surface area (Å²) in [6, 6.07) is 6.08. The molecule has 0 aliphatic rings. The number of amides is 1. The van der Waals surface area contributed by atoms with Gasteiger partial charge in [0.25, 0.3) is 5.91 Å². The monoisotopic (exact) mass is 293 g/mol. The van der Waals surface area contributed by atoms with E-state index in [9.17, 15) is 9.18 Å². The summed E-state index contributed by atoms with van der Waals surface area (Å²) in [7, 11) is 0. The van der Waals surface area contributed by atoms with E-state index >= 15 is 0 Å². The molecule has 0 unspecified atom stereocenters. The highest BCUT2D eigenvalue weighted by molar-refractivity contribution is 7.17. The second-order valence-corrected chi connectivity index (χ2v) is 5.34. The van der Waals surface area contributed by atoms with Crippen molar-refractivity contribution < 1.29 is 9.18 Å². The lowest BCUT2D eigenvalue weighted by Gasteiger charge is -2.01. The Balaban J connectivity index is 2.16. The maximum Gasteiger partial charge on any atom is 0.263 e. The van der Waals surface area contributed by atoms with Crippen LogP contribution in [0, 0.1) is 12.7 Å². The van der Waals surface area contributed by atoms with Gasteiger partial charge < -0.3 is 11.1 Å². The van der Waals surface area contributed by atoms with E-state index in [1.54, 1.807) is 19.1 Å². The zero-order valence-electron chi connectivity index (χ0n) is 11.1. The van der Waals surface area contributed by atoms with Gasteiger partial charge in [0.05, 0.1) is 5.69 Å². The normalized spacial score (nSPS) is 10.6. The average Bonchev–Trinajstić information content (AvgIpc) is 2.82. The number of hydrogen-bond donors (Lipinski definition) is 2. The smallest absolute Gasteiger partial charge is 0.263 e. The van der Waals surface area contributed by atoms with Gasteiger partial charge in [0.2, 0.25) is 0 Å². The lowest BCUT2D eigenvalue weighted by atomic mass is 10.2. The zero-order chi connectivity index (χ0) is 14.5. The van der Waals surface area contributed by atoms with E-state index in [2.05, 4.69) is 10.3 Å². The molecule has 0 spiro atoms. The van der Waals surface area contributed by atoms with Gasteiger partial charge in [-0.1, -0.05) is 0 Å². The molecule has 0 radical (unpaired) electrons. The van der Waals surface area contributed by atoms with Crippen molar-refractivity contribution >= 4 is 17.2 Å². The number of carbonyl (C=O) groups excluding carboxylic acids is 1. The number of thiazole rings is 1. The number of benzene rings is 1. The Morgan fingerprint density at radius 3 is 2.75 bits per heavy atom. The first-order valence-corrected chi connectivity index (χ1v) is 7.15. The summed E-state index contributed by atoms with van der Waals surface area (Å²) in [5.74, 6) is -0.427. The van der Waals surface area contributed by atoms with E-state index in [0.29, 0.717) is 28.7 Å². The van der Waals surface area contributed by atoms with Crippen LogP contribution in [0.2, 0.25) is 0 Å². The topological polar surface area (TPSA) is 68.0 Å². The van der Waals surface area contributed by atoms with Crippen LogP contribution in [0.25, 0.3) is 10.6 Å². The van der Waals surface area contributed by atoms with Crippen molar-refractivity contribution in [2.24, 2.45) is 5.73 Å². The Bertz CT molecular complexity index is 595. The molecule has 4 nitrogen and oxygen atoms in total. The molecule has 2 rings (SSSR count). The SMILES string of the molecule is Cc1nc(-c2ccc(F)cc2)sc1C(=O)NCCCN. The van der Waals surface area contributed by atoms with Crippen LogP contribution in [-0.2, 0) is 0 Å². The number of nitrogens with one attached hydrogen (secondary N) is 1. The van der Waals surface area contributed by atoms with Crippen LogP contribution >= 0.6 is 11.3 Å². The highest BCUT2D eigenvalue weighted by atomic mass is 32.1. The van der Waals surface area contributed by atoms with E-state index in [4.69, 9.17) is 5.73 Å². The van der Waals surface area contributed by atoms with Crippen molar-refractivity contribution in [3.05, 3.63) is 40.7 Å². The van der Waals surface area contributed by atoms with Gasteiger partial charge in [-0.05, 0) is 44.2 Å². The molecule has 0 saturated carbocycles. The molecule has 3 N–H and O–H groups in total. The van der Waals surface area contributed by atoms with Crippen LogP contribution in [0.4, 0.5) is 4.39 Å². The largest absolute Gasteiger partial charge is 0.351 e. The van der Waals surface area contributed by atoms with Crippen molar-refractivity contribution in [1.29, 1.82) is 0 Å². The fourth-order valence-corrected chi connectivity index (χ4v) is 2.70. The Labute approximate surface area is 120 Å². The molecule has 20 heavy (non-hydrogen) atoms. The fraction of sp³-hybridized carbons (Fsp3) is 0.286. The number of nitrogens with zero attached hydrogens (tertiary/aromatic N) is 1. The summed E-state index contributed by atoms with van der Waals surface area (Å²) in [6.45, 7) is 2.89. The highest BCUT2D eigenvalue weighted by Crippen LogP contribution is 2.27. The van der Waals surface area contributed by atoms with Gasteiger partial charge >= 0.3 is 0 Å². The molecule has 0 bridgehead atoms. The van der Waals surface area contributed by atoms with E-state index in [1.165, 1.54) is 23.5 Å². The summed E-state index contributed by atoms with van der Waals surface area (Å²) in [6.07, 6.45) is 0.744. The first-order valence-electron chi connectivity index (χ1n) is 6.33. The fourth-order valence-electron chi connectivity index (χ4n) is 1.71. The number of aryl methyl sites for hydroxylation is 1. The lowest BCUT2D eigenvalue weighted by Crippen LogP contribution is -2.25. The van der Waals surface area contributed by atoms with Gasteiger partial charge in [-0.25, -0.2) is 9.37 Å². The highest BCUT2D eigenvalue weighted by Gasteiger charge is 2.15. The number of aromatic nitrogens is 1. The summed E-state index contributed by atoms with van der Waals surface area (Å²) in [4.78, 5) is 17.0. The maximum atomic E-state index is 12.9. The number of carbonyl (C=O) groups is 1. The predicted molar refractivity (Wildman–Crippen MR) is 78.2 cm³/mol. The Kier molecular flexibility index (Phi) is 4.81. The molecule has 6 heteroatoms. The third kappa shape index (κ3) is 3.40. The minimum Gasteiger partial charge on any atom is -0.351 e. The van der Waals surface area contributed by atoms with Crippen LogP contribution in [0.1, 0.15) is 21.8 Å². The molecule has 0 aliphatic heterocycles. The molecular weight excluding hydrogens is 277 g/mol. The molecule has 106 valence electrons. The predicted octanol–water partition coefficient (Wildman–Crippen LogP) is 2.34. The molecular formula is C14H16FN3OS. The van der Waals surface area contributed by atoms with Crippen molar-refractivity contribution in [3.8, 4) is 10.6 Å². The number of nitrogens with two attached hydrogens (primary N) is 1. The van der Waals surface area contributed by atoms with Gasteiger partial charge in [-0.3, -0.25) is 4.79 Å². The summed E-state index contributed by atoms with van der Waals surface area (Å²) >= 11 is 1.31. The molecule has 1 amide bonds. The van der Waals surface area contributed by atoms with Crippen LogP contribution in [0.15, 0.2) is 24.3 Å². The summed E-state index contributed by atoms with van der Waals surface area (Å²) < 4.78 is 12.9. The van der Waals surface area contributed by atoms with E-state index < -0.39 is 0 Å². The molecule has 0 atom stereocenters. The van der Waals surface area contributed by atoms with E-state index in [0.717, 1.165) is 12.0 Å². The number of hydrogen-bond acceptors (Lipinski definition) is 4. The summed E-state index contributed by atoms with van der Waals surface area (Å²) in [5, 5.41) is 3.52. The van der Waals surface area contributed by atoms with Crippen molar-refractivity contribution in [2.45, 2.75) is 13.3 Å². The molecule has 1 aromatic carbocycles. The third-order valence-corrected chi connectivity index (χ3v) is 3.97. The molecule has 0 saturated heterocycles. The van der Waals surface area contributed by atoms with Crippen molar-refractivity contribution in [1.82, 2.24) is 10.3 Å². The van der Waals surface area contributed by atoms with Gasteiger partial charge in [0, 0.05) is 12.1 Å². The second-order valence-electron chi connectivity index (χ2n) is 4.34. The van der Waals surface area contributed by atoms with Gasteiger partial charge in [0.1, 0.15) is 15.7 Å². The third-order valence-electron chi connectivity index (χ3n) is 2.76. The molecule has 2 aromatic rings. The minimum absolute atomic E-state index is 0.137. The summed E-state index contributed by atoms with van der Waals surface area (Å²) in [5.41, 5.74) is 6.87. The molecule has 1 heterocycles. The molecule has 0 aliphatic carbocycles. The number of halogens is 1. The van der Waals surface area contributed by atoms with E-state index in [1.807, 2.05) is 0 Å². The standard InChI is InChI=1S/C14H16FN3OS/c1-9-12(13(19)17-8-2-7-16)20-14(18-9)10-3-5-11(15)6-4-10/h3-6H,2,7-8,16H2,1H3,(H,17,19). The minimum atomic E-state index is -0.290. The van der Waals surface area contributed by atoms with Crippen molar-refractivity contribution in [3.63, 3.8) is 0 Å². The Hall–Kier alpha value is -1.79. The first kappa shape index (κ1) is 14.6. The van der Waals surface area contributed by atoms with Crippen molar-refractivity contribution in [2.75, 3.05) is 13.1 Å². The number of rotatable bonds is 5. The Morgan fingerprint density at radius 1 is 1.40 bits per heavy atom. The quantitative estimate of drug-likeness (QED) is 0.831. The molecule has 1 aromatic heterocycles. The van der Waals surface area contributed by atoms with Gasteiger partial charge in [-0.15, -0.1) is 11.3 Å². The van der Waals surface area contributed by atoms with Crippen LogP contribution in [0.3, 0.4) is 0 Å². The van der Waals surface area contributed by atoms with Crippen LogP contribution < -0.4 is 11.1 Å². The van der Waals surface area contributed by atoms with E-state index in [-0.39, 0.29) is 11.7 Å². The average molecular weight is 293 g/mol.